The average molecular weight is 871 g/mol. The van der Waals surface area contributed by atoms with Gasteiger partial charge in [0.2, 0.25) is 0 Å². The van der Waals surface area contributed by atoms with E-state index in [0.717, 1.165) is 83.5 Å². The molecule has 1 rings (SSSR count). The van der Waals surface area contributed by atoms with Crippen molar-refractivity contribution < 1.29 is 56.2 Å². The summed E-state index contributed by atoms with van der Waals surface area (Å²) in [6.45, 7) is 3.84. The number of esters is 1. The summed E-state index contributed by atoms with van der Waals surface area (Å²) in [5.74, 6) is -0.419. The Hall–Kier alpha value is -2.20. The summed E-state index contributed by atoms with van der Waals surface area (Å²) >= 11 is 0. The van der Waals surface area contributed by atoms with Gasteiger partial charge in [0.1, 0.15) is 30.5 Å². The second-order valence-electron chi connectivity index (χ2n) is 15.6. The summed E-state index contributed by atoms with van der Waals surface area (Å²) in [5.41, 5.74) is 0. The van der Waals surface area contributed by atoms with Crippen LogP contribution in [0.25, 0.3) is 0 Å². The molecule has 1 fully saturated rings. The van der Waals surface area contributed by atoms with Crippen LogP contribution in [0.2, 0.25) is 0 Å². The van der Waals surface area contributed by atoms with Gasteiger partial charge in [-0.1, -0.05) is 164 Å². The fraction of sp³-hybridized carbons (Fsp3) is 0.766. The molecule has 0 aromatic rings. The minimum Gasteiger partial charge on any atom is -0.457 e. The summed E-state index contributed by atoms with van der Waals surface area (Å²) in [4.78, 5) is 12.9. The SMILES string of the molecule is CC/C=C\C/C=C\C/C=C\C/C=C\C/C=C\CCCCCCCC(=O)OC(COCCCCCCCCCCCCCC)COC1OC(CO)C(O)C(OS(=O)(=O)O)C1O. The van der Waals surface area contributed by atoms with Gasteiger partial charge in [0.25, 0.3) is 0 Å². The fourth-order valence-electron chi connectivity index (χ4n) is 6.70. The number of aliphatic hydroxyl groups is 3. The molecule has 1 aliphatic rings. The Morgan fingerprint density at radius 1 is 0.650 bits per heavy atom. The van der Waals surface area contributed by atoms with Crippen LogP contribution in [0, 0.1) is 0 Å². The van der Waals surface area contributed by atoms with Crippen molar-refractivity contribution in [1.29, 1.82) is 0 Å². The van der Waals surface area contributed by atoms with E-state index in [1.54, 1.807) is 0 Å². The van der Waals surface area contributed by atoms with Crippen molar-refractivity contribution >= 4 is 16.4 Å². The van der Waals surface area contributed by atoms with E-state index in [1.807, 2.05) is 0 Å². The third-order valence-electron chi connectivity index (χ3n) is 10.2. The number of allylic oxidation sites excluding steroid dienone is 10. The Bertz CT molecular complexity index is 1280. The van der Waals surface area contributed by atoms with Crippen molar-refractivity contribution in [2.75, 3.05) is 26.4 Å². The van der Waals surface area contributed by atoms with Crippen molar-refractivity contribution in [3.8, 4) is 0 Å². The zero-order valence-electron chi connectivity index (χ0n) is 37.0. The summed E-state index contributed by atoms with van der Waals surface area (Å²) in [6.07, 6.45) is 38.2. The van der Waals surface area contributed by atoms with Crippen LogP contribution in [-0.4, -0.2) is 97.5 Å². The molecule has 1 saturated heterocycles. The third kappa shape index (κ3) is 31.6. The molecule has 0 amide bonds. The van der Waals surface area contributed by atoms with Gasteiger partial charge >= 0.3 is 16.4 Å². The van der Waals surface area contributed by atoms with Gasteiger partial charge in [0.05, 0.1) is 19.8 Å². The highest BCUT2D eigenvalue weighted by atomic mass is 32.3. The highest BCUT2D eigenvalue weighted by Gasteiger charge is 2.48. The van der Waals surface area contributed by atoms with Crippen molar-refractivity contribution in [3.05, 3.63) is 60.8 Å². The van der Waals surface area contributed by atoms with Crippen molar-refractivity contribution in [2.45, 2.75) is 205 Å². The Morgan fingerprint density at radius 2 is 1.15 bits per heavy atom. The molecule has 0 aliphatic carbocycles. The van der Waals surface area contributed by atoms with Gasteiger partial charge < -0.3 is 34.3 Å². The number of hydrogen-bond donors (Lipinski definition) is 4. The maximum absolute atomic E-state index is 12.9. The Labute approximate surface area is 363 Å². The number of rotatable bonds is 39. The lowest BCUT2D eigenvalue weighted by Gasteiger charge is -2.41. The summed E-state index contributed by atoms with van der Waals surface area (Å²) < 4.78 is 59.0. The number of carbonyl (C=O) groups excluding carboxylic acids is 1. The first-order valence-corrected chi connectivity index (χ1v) is 24.4. The standard InChI is InChI=1S/C47H82O12S/c1-3-5-7-9-11-13-15-17-18-19-20-21-22-23-24-25-26-28-30-32-34-36-43(49)57-41(39-55-37-35-33-31-29-27-16-14-12-10-8-6-4-2)40-56-47-45(51)46(59-60(52,53)54)44(50)42(38-48)58-47/h5,7,11,13,17-18,20-21,23-24,41-42,44-48,50-51H,3-4,6,8-10,12,14-16,19,22,25-40H2,1-2H3,(H,52,53,54)/b7-5-,13-11-,18-17-,21-20-,24-23-. The molecule has 0 aromatic carbocycles. The number of ether oxygens (including phenoxy) is 4. The topological polar surface area (TPSA) is 178 Å². The van der Waals surface area contributed by atoms with E-state index in [4.69, 9.17) is 23.5 Å². The first-order chi connectivity index (χ1) is 29.1. The fourth-order valence-corrected chi connectivity index (χ4v) is 7.21. The molecule has 6 unspecified atom stereocenters. The zero-order chi connectivity index (χ0) is 43.9. The van der Waals surface area contributed by atoms with Gasteiger partial charge in [-0.25, -0.2) is 4.18 Å². The molecular weight excluding hydrogens is 789 g/mol. The normalized spacial score (nSPS) is 20.8. The van der Waals surface area contributed by atoms with Gasteiger partial charge in [-0.3, -0.25) is 9.35 Å². The highest BCUT2D eigenvalue weighted by Crippen LogP contribution is 2.26. The van der Waals surface area contributed by atoms with Gasteiger partial charge in [0, 0.05) is 13.0 Å². The number of unbranched alkanes of at least 4 members (excludes halogenated alkanes) is 16. The van der Waals surface area contributed by atoms with Crippen LogP contribution in [0.4, 0.5) is 0 Å². The van der Waals surface area contributed by atoms with Gasteiger partial charge in [-0.2, -0.15) is 8.42 Å². The monoisotopic (exact) mass is 871 g/mol. The maximum Gasteiger partial charge on any atom is 0.397 e. The zero-order valence-corrected chi connectivity index (χ0v) is 37.8. The van der Waals surface area contributed by atoms with Crippen LogP contribution in [0.1, 0.15) is 168 Å². The Balaban J connectivity index is 2.42. The molecule has 4 N–H and O–H groups in total. The average Bonchev–Trinajstić information content (AvgIpc) is 3.22. The van der Waals surface area contributed by atoms with Crippen LogP contribution in [-0.2, 0) is 38.3 Å². The molecule has 0 aromatic heterocycles. The number of carbonyl (C=O) groups is 1. The predicted molar refractivity (Wildman–Crippen MR) is 239 cm³/mol. The van der Waals surface area contributed by atoms with E-state index in [2.05, 4.69) is 78.8 Å². The van der Waals surface area contributed by atoms with Crippen molar-refractivity contribution in [3.63, 3.8) is 0 Å². The molecule has 0 spiro atoms. The summed E-state index contributed by atoms with van der Waals surface area (Å²) in [7, 11) is -5.06. The van der Waals surface area contributed by atoms with E-state index in [0.29, 0.717) is 13.0 Å². The first-order valence-electron chi connectivity index (χ1n) is 23.0. The van der Waals surface area contributed by atoms with Gasteiger partial charge in [-0.15, -0.1) is 0 Å². The lowest BCUT2D eigenvalue weighted by Crippen LogP contribution is -2.60. The predicted octanol–water partition coefficient (Wildman–Crippen LogP) is 9.74. The lowest BCUT2D eigenvalue weighted by molar-refractivity contribution is -0.301. The minimum absolute atomic E-state index is 0.0272. The van der Waals surface area contributed by atoms with E-state index >= 15 is 0 Å². The molecule has 0 radical (unpaired) electrons. The molecular formula is C47H82O12S. The smallest absolute Gasteiger partial charge is 0.397 e. The highest BCUT2D eigenvalue weighted by molar-refractivity contribution is 7.80. The van der Waals surface area contributed by atoms with E-state index < -0.39 is 59.8 Å². The van der Waals surface area contributed by atoms with Gasteiger partial charge in [0.15, 0.2) is 6.29 Å². The van der Waals surface area contributed by atoms with Crippen LogP contribution < -0.4 is 0 Å². The second kappa shape index (κ2) is 38.5. The van der Waals surface area contributed by atoms with Crippen molar-refractivity contribution in [2.24, 2.45) is 0 Å². The Kier molecular flexibility index (Phi) is 35.8. The van der Waals surface area contributed by atoms with Crippen LogP contribution in [0.3, 0.4) is 0 Å². The van der Waals surface area contributed by atoms with E-state index in [9.17, 15) is 28.5 Å². The van der Waals surface area contributed by atoms with E-state index in [1.165, 1.54) is 57.8 Å². The molecule has 12 nitrogen and oxygen atoms in total. The number of hydrogen-bond acceptors (Lipinski definition) is 11. The van der Waals surface area contributed by atoms with Crippen molar-refractivity contribution in [1.82, 2.24) is 0 Å². The van der Waals surface area contributed by atoms with Crippen LogP contribution in [0.5, 0.6) is 0 Å². The summed E-state index contributed by atoms with van der Waals surface area (Å²) in [6, 6.07) is 0. The molecule has 13 heteroatoms. The van der Waals surface area contributed by atoms with Gasteiger partial charge in [-0.05, 0) is 57.8 Å². The molecule has 1 heterocycles. The third-order valence-corrected chi connectivity index (χ3v) is 10.6. The molecule has 60 heavy (non-hydrogen) atoms. The molecule has 348 valence electrons. The molecule has 6 atom stereocenters. The molecule has 0 bridgehead atoms. The quantitative estimate of drug-likeness (QED) is 0.0199. The molecule has 1 aliphatic heterocycles. The minimum atomic E-state index is -5.06. The number of aliphatic hydroxyl groups excluding tert-OH is 3. The van der Waals surface area contributed by atoms with E-state index in [-0.39, 0.29) is 19.6 Å². The lowest BCUT2D eigenvalue weighted by atomic mass is 9.99. The van der Waals surface area contributed by atoms with Crippen LogP contribution in [0.15, 0.2) is 60.8 Å². The largest absolute Gasteiger partial charge is 0.457 e. The molecule has 0 saturated carbocycles. The maximum atomic E-state index is 12.9. The van der Waals surface area contributed by atoms with Crippen LogP contribution >= 0.6 is 0 Å². The summed E-state index contributed by atoms with van der Waals surface area (Å²) in [5, 5.41) is 30.7. The first kappa shape index (κ1) is 55.8. The second-order valence-corrected chi connectivity index (χ2v) is 16.7. The Morgan fingerprint density at radius 3 is 1.68 bits per heavy atom.